The number of aryl methyl sites for hydroxylation is 2. The second-order valence-electron chi connectivity index (χ2n) is 4.34. The minimum atomic E-state index is -0.635. The van der Waals surface area contributed by atoms with Crippen LogP contribution in [0.5, 0.6) is 0 Å². The van der Waals surface area contributed by atoms with Crippen molar-refractivity contribution in [2.75, 3.05) is 0 Å². The molecule has 3 nitrogen and oxygen atoms in total. The van der Waals surface area contributed by atoms with Crippen molar-refractivity contribution in [2.24, 2.45) is 0 Å². The number of esters is 2. The van der Waals surface area contributed by atoms with Crippen molar-refractivity contribution in [1.82, 2.24) is 0 Å². The van der Waals surface area contributed by atoms with Crippen molar-refractivity contribution in [3.8, 4) is 0 Å². The van der Waals surface area contributed by atoms with Gasteiger partial charge in [-0.1, -0.05) is 24.3 Å². The van der Waals surface area contributed by atoms with Crippen LogP contribution in [-0.2, 0) is 4.74 Å². The highest BCUT2D eigenvalue weighted by molar-refractivity contribution is 6.02. The van der Waals surface area contributed by atoms with E-state index in [0.717, 1.165) is 11.1 Å². The first kappa shape index (κ1) is 13.0. The molecule has 0 radical (unpaired) electrons. The molecule has 0 aliphatic carbocycles. The van der Waals surface area contributed by atoms with Gasteiger partial charge in [-0.05, 0) is 49.2 Å². The summed E-state index contributed by atoms with van der Waals surface area (Å²) in [6, 6.07) is 13.7. The lowest BCUT2D eigenvalue weighted by Crippen LogP contribution is -2.13. The van der Waals surface area contributed by atoms with Gasteiger partial charge in [0.15, 0.2) is 0 Å². The van der Waals surface area contributed by atoms with Gasteiger partial charge in [-0.25, -0.2) is 9.59 Å². The third-order valence-corrected chi connectivity index (χ3v) is 2.94. The molecule has 0 saturated heterocycles. The predicted octanol–water partition coefficient (Wildman–Crippen LogP) is 3.30. The summed E-state index contributed by atoms with van der Waals surface area (Å²) >= 11 is 0. The smallest absolute Gasteiger partial charge is 0.346 e. The van der Waals surface area contributed by atoms with E-state index in [-0.39, 0.29) is 0 Å². The third kappa shape index (κ3) is 3.07. The maximum atomic E-state index is 11.8. The van der Waals surface area contributed by atoms with Crippen LogP contribution in [0.1, 0.15) is 31.8 Å². The van der Waals surface area contributed by atoms with Crippen LogP contribution in [-0.4, -0.2) is 11.9 Å². The van der Waals surface area contributed by atoms with Crippen LogP contribution in [0.25, 0.3) is 0 Å². The Balaban J connectivity index is 2.13. The highest BCUT2D eigenvalue weighted by Gasteiger charge is 2.14. The van der Waals surface area contributed by atoms with Crippen LogP contribution in [0.15, 0.2) is 48.5 Å². The normalized spacial score (nSPS) is 10.0. The van der Waals surface area contributed by atoms with Gasteiger partial charge in [0, 0.05) is 0 Å². The molecule has 0 atom stereocenters. The molecule has 0 N–H and O–H groups in total. The van der Waals surface area contributed by atoms with E-state index in [1.54, 1.807) is 42.5 Å². The Bertz CT molecular complexity index is 615. The summed E-state index contributed by atoms with van der Waals surface area (Å²) in [5.74, 6) is -1.26. The highest BCUT2D eigenvalue weighted by atomic mass is 16.6. The largest absolute Gasteiger partial charge is 0.386 e. The van der Waals surface area contributed by atoms with Gasteiger partial charge in [0.05, 0.1) is 11.1 Å². The Hall–Kier alpha value is -2.42. The van der Waals surface area contributed by atoms with Crippen molar-refractivity contribution < 1.29 is 14.3 Å². The van der Waals surface area contributed by atoms with E-state index in [4.69, 9.17) is 4.74 Å². The van der Waals surface area contributed by atoms with Gasteiger partial charge in [-0.2, -0.15) is 0 Å². The topological polar surface area (TPSA) is 43.4 Å². The van der Waals surface area contributed by atoms with Crippen LogP contribution in [0.2, 0.25) is 0 Å². The Morgan fingerprint density at radius 1 is 0.789 bits per heavy atom. The minimum Gasteiger partial charge on any atom is -0.386 e. The Labute approximate surface area is 111 Å². The van der Waals surface area contributed by atoms with E-state index in [1.165, 1.54) is 0 Å². The van der Waals surface area contributed by atoms with Crippen LogP contribution < -0.4 is 0 Å². The van der Waals surface area contributed by atoms with Gasteiger partial charge in [0.1, 0.15) is 0 Å². The second kappa shape index (κ2) is 5.48. The Morgan fingerprint density at radius 2 is 1.42 bits per heavy atom. The molecule has 2 aromatic rings. The number of hydrogen-bond donors (Lipinski definition) is 0. The maximum Gasteiger partial charge on any atom is 0.346 e. The molecule has 0 spiro atoms. The third-order valence-electron chi connectivity index (χ3n) is 2.94. The molecule has 0 amide bonds. The van der Waals surface area contributed by atoms with Crippen LogP contribution in [0.4, 0.5) is 0 Å². The first-order chi connectivity index (χ1) is 9.08. The van der Waals surface area contributed by atoms with Gasteiger partial charge in [-0.15, -0.1) is 0 Å². The van der Waals surface area contributed by atoms with E-state index in [1.807, 2.05) is 19.9 Å². The monoisotopic (exact) mass is 254 g/mol. The number of ether oxygens (including phenoxy) is 1. The molecular weight excluding hydrogens is 240 g/mol. The number of rotatable bonds is 2. The van der Waals surface area contributed by atoms with Gasteiger partial charge >= 0.3 is 11.9 Å². The van der Waals surface area contributed by atoms with Crippen molar-refractivity contribution in [3.05, 3.63) is 70.8 Å². The summed E-state index contributed by atoms with van der Waals surface area (Å²) < 4.78 is 4.84. The van der Waals surface area contributed by atoms with Gasteiger partial charge in [0.25, 0.3) is 0 Å². The summed E-state index contributed by atoms with van der Waals surface area (Å²) in [4.78, 5) is 23.6. The molecule has 2 rings (SSSR count). The average Bonchev–Trinajstić information content (AvgIpc) is 2.42. The van der Waals surface area contributed by atoms with Crippen LogP contribution in [0, 0.1) is 13.8 Å². The summed E-state index contributed by atoms with van der Waals surface area (Å²) in [5, 5.41) is 0. The number of benzene rings is 2. The second-order valence-corrected chi connectivity index (χ2v) is 4.34. The zero-order valence-corrected chi connectivity index (χ0v) is 10.8. The Kier molecular flexibility index (Phi) is 3.76. The summed E-state index contributed by atoms with van der Waals surface area (Å²) in [6.45, 7) is 3.87. The summed E-state index contributed by atoms with van der Waals surface area (Å²) in [5.41, 5.74) is 2.82. The molecule has 2 aromatic carbocycles. The van der Waals surface area contributed by atoms with E-state index in [2.05, 4.69) is 0 Å². The zero-order valence-electron chi connectivity index (χ0n) is 10.8. The van der Waals surface area contributed by atoms with E-state index < -0.39 is 11.9 Å². The molecule has 0 aromatic heterocycles. The molecule has 96 valence electrons. The standard InChI is InChI=1S/C16H14O3/c1-11-8-9-14(10-12(11)2)16(18)19-15(17)13-6-4-3-5-7-13/h3-10H,1-2H3. The van der Waals surface area contributed by atoms with Crippen molar-refractivity contribution in [3.63, 3.8) is 0 Å². The Morgan fingerprint density at radius 3 is 2.05 bits per heavy atom. The number of carbonyl (C=O) groups excluding carboxylic acids is 2. The highest BCUT2D eigenvalue weighted by Crippen LogP contribution is 2.12. The van der Waals surface area contributed by atoms with Crippen molar-refractivity contribution >= 4 is 11.9 Å². The lowest BCUT2D eigenvalue weighted by atomic mass is 10.1. The first-order valence-corrected chi connectivity index (χ1v) is 5.97. The van der Waals surface area contributed by atoms with E-state index in [9.17, 15) is 9.59 Å². The lowest BCUT2D eigenvalue weighted by Gasteiger charge is -2.05. The van der Waals surface area contributed by atoms with Crippen molar-refractivity contribution in [1.29, 1.82) is 0 Å². The van der Waals surface area contributed by atoms with E-state index in [0.29, 0.717) is 11.1 Å². The number of carbonyl (C=O) groups is 2. The summed E-state index contributed by atoms with van der Waals surface area (Å²) in [7, 11) is 0. The number of hydrogen-bond acceptors (Lipinski definition) is 3. The van der Waals surface area contributed by atoms with Gasteiger partial charge in [0.2, 0.25) is 0 Å². The minimum absolute atomic E-state index is 0.361. The molecule has 0 fully saturated rings. The molecule has 0 aliphatic heterocycles. The fourth-order valence-corrected chi connectivity index (χ4v) is 1.64. The predicted molar refractivity (Wildman–Crippen MR) is 72.1 cm³/mol. The molecular formula is C16H14O3. The average molecular weight is 254 g/mol. The zero-order chi connectivity index (χ0) is 13.8. The molecule has 0 aliphatic rings. The quantitative estimate of drug-likeness (QED) is 0.610. The molecule has 0 saturated carbocycles. The maximum absolute atomic E-state index is 11.8. The molecule has 19 heavy (non-hydrogen) atoms. The SMILES string of the molecule is Cc1ccc(C(=O)OC(=O)c2ccccc2)cc1C. The van der Waals surface area contributed by atoms with Crippen molar-refractivity contribution in [2.45, 2.75) is 13.8 Å². The molecule has 0 unspecified atom stereocenters. The van der Waals surface area contributed by atoms with Gasteiger partial charge in [-0.3, -0.25) is 0 Å². The molecule has 3 heteroatoms. The lowest BCUT2D eigenvalue weighted by molar-refractivity contribution is 0.0397. The first-order valence-electron chi connectivity index (χ1n) is 5.97. The van der Waals surface area contributed by atoms with Gasteiger partial charge < -0.3 is 4.74 Å². The fourth-order valence-electron chi connectivity index (χ4n) is 1.64. The van der Waals surface area contributed by atoms with Crippen LogP contribution >= 0.6 is 0 Å². The molecule has 0 heterocycles. The summed E-state index contributed by atoms with van der Waals surface area (Å²) in [6.07, 6.45) is 0. The molecule has 0 bridgehead atoms. The van der Waals surface area contributed by atoms with Crippen LogP contribution in [0.3, 0.4) is 0 Å². The fraction of sp³-hybridized carbons (Fsp3) is 0.125. The van der Waals surface area contributed by atoms with E-state index >= 15 is 0 Å².